The van der Waals surface area contributed by atoms with Crippen molar-refractivity contribution < 1.29 is 0 Å². The average Bonchev–Trinajstić information content (AvgIpc) is 2.88. The monoisotopic (exact) mass is 328 g/mol. The number of rotatable bonds is 1. The summed E-state index contributed by atoms with van der Waals surface area (Å²) in [5, 5.41) is 13.9. The zero-order valence-corrected chi connectivity index (χ0v) is 12.1. The van der Waals surface area contributed by atoms with Gasteiger partial charge in [0, 0.05) is 11.8 Å². The maximum Gasteiger partial charge on any atom is 0.175 e. The number of halogens is 3. The Kier molecular flexibility index (Phi) is 3.11. The lowest BCUT2D eigenvalue weighted by molar-refractivity contribution is 0.944. The van der Waals surface area contributed by atoms with E-state index in [4.69, 9.17) is 34.8 Å². The van der Waals surface area contributed by atoms with Crippen LogP contribution < -0.4 is 0 Å². The van der Waals surface area contributed by atoms with Crippen LogP contribution in [0.1, 0.15) is 5.56 Å². The molecule has 3 rings (SSSR count). The summed E-state index contributed by atoms with van der Waals surface area (Å²) >= 11 is 19.1. The number of thiophene rings is 1. The van der Waals surface area contributed by atoms with Crippen molar-refractivity contribution in [3.63, 3.8) is 0 Å². The smallest absolute Gasteiger partial charge is 0.175 e. The summed E-state index contributed by atoms with van der Waals surface area (Å²) < 4.78 is 2.50. The minimum absolute atomic E-state index is 0.296. The summed E-state index contributed by atoms with van der Waals surface area (Å²) in [7, 11) is 0. The van der Waals surface area contributed by atoms with Gasteiger partial charge in [0.2, 0.25) is 0 Å². The van der Waals surface area contributed by atoms with E-state index >= 15 is 0 Å². The lowest BCUT2D eigenvalue weighted by atomic mass is 10.1. The topological polar surface area (TPSA) is 54.0 Å². The molecule has 0 aliphatic heterocycles. The van der Waals surface area contributed by atoms with E-state index in [0.29, 0.717) is 36.3 Å². The molecule has 0 aliphatic carbocycles. The molecule has 3 heterocycles. The van der Waals surface area contributed by atoms with Gasteiger partial charge in [-0.2, -0.15) is 10.4 Å². The van der Waals surface area contributed by atoms with Gasteiger partial charge in [0.1, 0.15) is 26.8 Å². The van der Waals surface area contributed by atoms with Crippen LogP contribution in [0.2, 0.25) is 13.8 Å². The Morgan fingerprint density at radius 1 is 1.32 bits per heavy atom. The first-order valence-corrected chi connectivity index (χ1v) is 6.95. The molecule has 0 spiro atoms. The van der Waals surface area contributed by atoms with Gasteiger partial charge in [-0.25, -0.2) is 9.50 Å². The van der Waals surface area contributed by atoms with Gasteiger partial charge in [0.05, 0.1) is 4.34 Å². The first-order chi connectivity index (χ1) is 9.10. The second-order valence-corrected chi connectivity index (χ2v) is 6.26. The molecule has 0 aromatic carbocycles. The highest BCUT2D eigenvalue weighted by molar-refractivity contribution is 7.20. The maximum absolute atomic E-state index is 9.30. The fourth-order valence-corrected chi connectivity index (χ4v) is 3.30. The van der Waals surface area contributed by atoms with E-state index in [1.807, 2.05) is 0 Å². The molecule has 0 atom stereocenters. The summed E-state index contributed by atoms with van der Waals surface area (Å²) in [6.45, 7) is 0. The highest BCUT2D eigenvalue weighted by Crippen LogP contribution is 2.39. The Hall–Kier alpha value is -1.32. The third kappa shape index (κ3) is 2.07. The molecular formula is C11H3Cl3N4S. The second-order valence-electron chi connectivity index (χ2n) is 3.59. The van der Waals surface area contributed by atoms with Gasteiger partial charge < -0.3 is 0 Å². The molecule has 94 valence electrons. The lowest BCUT2D eigenvalue weighted by Crippen LogP contribution is -1.89. The molecule has 19 heavy (non-hydrogen) atoms. The molecule has 3 aromatic rings. The third-order valence-corrected chi connectivity index (χ3v) is 4.17. The van der Waals surface area contributed by atoms with Gasteiger partial charge in [0.15, 0.2) is 5.65 Å². The SMILES string of the molecule is N#Cc1c(-c2cc(Cl)sc2Cl)nn2ccc(Cl)nc12. The molecule has 0 saturated heterocycles. The minimum atomic E-state index is 0.296. The molecule has 8 heteroatoms. The molecule has 0 radical (unpaired) electrons. The van der Waals surface area contributed by atoms with Crippen molar-refractivity contribution in [1.82, 2.24) is 14.6 Å². The largest absolute Gasteiger partial charge is 0.220 e. The van der Waals surface area contributed by atoms with E-state index in [9.17, 15) is 5.26 Å². The van der Waals surface area contributed by atoms with Gasteiger partial charge in [-0.1, -0.05) is 34.8 Å². The van der Waals surface area contributed by atoms with Crippen molar-refractivity contribution in [2.75, 3.05) is 0 Å². The molecule has 0 fully saturated rings. The molecule has 0 unspecified atom stereocenters. The Morgan fingerprint density at radius 2 is 2.11 bits per heavy atom. The molecule has 0 N–H and O–H groups in total. The van der Waals surface area contributed by atoms with Crippen molar-refractivity contribution in [2.45, 2.75) is 0 Å². The normalized spacial score (nSPS) is 10.8. The van der Waals surface area contributed by atoms with Gasteiger partial charge in [-0.05, 0) is 12.1 Å². The van der Waals surface area contributed by atoms with Crippen LogP contribution in [-0.4, -0.2) is 14.6 Å². The molecule has 0 aliphatic rings. The number of aromatic nitrogens is 3. The van der Waals surface area contributed by atoms with Crippen molar-refractivity contribution in [2.24, 2.45) is 0 Å². The van der Waals surface area contributed by atoms with Crippen LogP contribution in [0.3, 0.4) is 0 Å². The molecule has 0 bridgehead atoms. The van der Waals surface area contributed by atoms with E-state index in [0.717, 1.165) is 0 Å². The summed E-state index contributed by atoms with van der Waals surface area (Å²) in [4.78, 5) is 4.10. The number of hydrogen-bond acceptors (Lipinski definition) is 4. The zero-order valence-electron chi connectivity index (χ0n) is 9.06. The summed E-state index contributed by atoms with van der Waals surface area (Å²) in [5.74, 6) is 0. The Balaban J connectivity index is 2.36. The van der Waals surface area contributed by atoms with Gasteiger partial charge in [-0.3, -0.25) is 0 Å². The van der Waals surface area contributed by atoms with Gasteiger partial charge in [-0.15, -0.1) is 11.3 Å². The predicted octanol–water partition coefficient (Wildman–Crippen LogP) is 4.29. The lowest BCUT2D eigenvalue weighted by Gasteiger charge is -1.92. The minimum Gasteiger partial charge on any atom is -0.220 e. The van der Waals surface area contributed by atoms with Crippen LogP contribution in [-0.2, 0) is 0 Å². The van der Waals surface area contributed by atoms with Crippen molar-refractivity contribution in [3.05, 3.63) is 37.7 Å². The van der Waals surface area contributed by atoms with Gasteiger partial charge >= 0.3 is 0 Å². The highest BCUT2D eigenvalue weighted by atomic mass is 35.5. The van der Waals surface area contributed by atoms with Crippen LogP contribution in [0.25, 0.3) is 16.9 Å². The first kappa shape index (κ1) is 12.7. The van der Waals surface area contributed by atoms with Crippen molar-refractivity contribution >= 4 is 51.8 Å². The first-order valence-electron chi connectivity index (χ1n) is 5.00. The Bertz CT molecular complexity index is 830. The maximum atomic E-state index is 9.30. The number of nitrogens with zero attached hydrogens (tertiary/aromatic N) is 4. The van der Waals surface area contributed by atoms with E-state index in [1.165, 1.54) is 15.9 Å². The van der Waals surface area contributed by atoms with Crippen LogP contribution in [0.15, 0.2) is 18.3 Å². The number of nitriles is 1. The van der Waals surface area contributed by atoms with Crippen molar-refractivity contribution in [1.29, 1.82) is 5.26 Å². The summed E-state index contributed by atoms with van der Waals surface area (Å²) in [6.07, 6.45) is 1.64. The number of hydrogen-bond donors (Lipinski definition) is 0. The van der Waals surface area contributed by atoms with Crippen LogP contribution >= 0.6 is 46.1 Å². The standard InChI is InChI=1S/C11H3Cl3N4S/c12-7-1-2-18-11(16-7)6(4-15)9(17-18)5-3-8(13)19-10(5)14/h1-3H. The molecule has 0 saturated carbocycles. The third-order valence-electron chi connectivity index (χ3n) is 2.47. The second kappa shape index (κ2) is 4.66. The number of fused-ring (bicyclic) bond motifs is 1. The molecule has 0 amide bonds. The van der Waals surface area contributed by atoms with Gasteiger partial charge in [0.25, 0.3) is 0 Å². The summed E-state index contributed by atoms with van der Waals surface area (Å²) in [5.41, 5.74) is 1.78. The molecular weight excluding hydrogens is 327 g/mol. The van der Waals surface area contributed by atoms with Crippen molar-refractivity contribution in [3.8, 4) is 17.3 Å². The highest BCUT2D eigenvalue weighted by Gasteiger charge is 2.19. The van der Waals surface area contributed by atoms with E-state index in [1.54, 1.807) is 18.3 Å². The van der Waals surface area contributed by atoms with Crippen LogP contribution in [0, 0.1) is 11.3 Å². The molecule has 3 aromatic heterocycles. The molecule has 4 nitrogen and oxygen atoms in total. The Morgan fingerprint density at radius 3 is 2.74 bits per heavy atom. The van der Waals surface area contributed by atoms with Crippen LogP contribution in [0.4, 0.5) is 0 Å². The fourth-order valence-electron chi connectivity index (χ4n) is 1.70. The predicted molar refractivity (Wildman–Crippen MR) is 76.0 cm³/mol. The average molecular weight is 330 g/mol. The summed E-state index contributed by atoms with van der Waals surface area (Å²) in [6, 6.07) is 5.35. The van der Waals surface area contributed by atoms with Crippen LogP contribution in [0.5, 0.6) is 0 Å². The Labute approximate surface area is 126 Å². The van der Waals surface area contributed by atoms with E-state index < -0.39 is 0 Å². The fraction of sp³-hybridized carbons (Fsp3) is 0. The van der Waals surface area contributed by atoms with E-state index in [-0.39, 0.29) is 0 Å². The quantitative estimate of drug-likeness (QED) is 0.626. The van der Waals surface area contributed by atoms with E-state index in [2.05, 4.69) is 16.2 Å². The zero-order chi connectivity index (χ0) is 13.6.